The van der Waals surface area contributed by atoms with Crippen molar-refractivity contribution in [1.82, 2.24) is 30.2 Å². The van der Waals surface area contributed by atoms with Crippen LogP contribution in [0.3, 0.4) is 0 Å². The molecule has 2 unspecified atom stereocenters. The molecule has 0 aromatic heterocycles. The molecule has 0 radical (unpaired) electrons. The van der Waals surface area contributed by atoms with Crippen LogP contribution >= 0.6 is 0 Å². The molecule has 4 N–H and O–H groups in total. The first-order valence-corrected chi connectivity index (χ1v) is 21.8. The Hall–Kier alpha value is -6.12. The van der Waals surface area contributed by atoms with E-state index in [-0.39, 0.29) is 35.7 Å². The summed E-state index contributed by atoms with van der Waals surface area (Å²) in [6.07, 6.45) is 2.44. The highest BCUT2D eigenvalue weighted by Crippen LogP contribution is 2.29. The molecule has 2 fully saturated rings. The van der Waals surface area contributed by atoms with Crippen molar-refractivity contribution in [2.45, 2.75) is 104 Å². The van der Waals surface area contributed by atoms with E-state index in [9.17, 15) is 28.8 Å². The summed E-state index contributed by atoms with van der Waals surface area (Å²) in [5, 5.41) is 11.7. The van der Waals surface area contributed by atoms with Crippen molar-refractivity contribution in [3.63, 3.8) is 0 Å². The maximum absolute atomic E-state index is 13.8. The van der Waals surface area contributed by atoms with Crippen molar-refractivity contribution in [1.29, 1.82) is 0 Å². The molecule has 2 heterocycles. The molecular formula is C48H67N9O6. The molecule has 4 atom stereocenters. The van der Waals surface area contributed by atoms with E-state index in [0.717, 1.165) is 16.8 Å². The molecule has 0 spiro atoms. The second kappa shape index (κ2) is 20.4. The fraction of sp³-hybridized carbons (Fsp3) is 0.500. The number of hydrogen-bond donors (Lipinski definition) is 4. The molecule has 0 saturated carbocycles. The van der Waals surface area contributed by atoms with Crippen LogP contribution in [-0.2, 0) is 32.3 Å². The highest BCUT2D eigenvalue weighted by molar-refractivity contribution is 6.00. The quantitative estimate of drug-likeness (QED) is 0.161. The Bertz CT molecular complexity index is 1950. The van der Waals surface area contributed by atoms with Gasteiger partial charge in [0.1, 0.15) is 24.2 Å². The molecule has 2 aliphatic heterocycles. The number of likely N-dealkylation sites (tertiary alicyclic amines) is 2. The van der Waals surface area contributed by atoms with Gasteiger partial charge in [-0.05, 0) is 84.0 Å². The summed E-state index contributed by atoms with van der Waals surface area (Å²) in [5.41, 5.74) is 3.18. The molecule has 2 saturated heterocycles. The van der Waals surface area contributed by atoms with Crippen LogP contribution in [0.1, 0.15) is 78.4 Å². The van der Waals surface area contributed by atoms with Gasteiger partial charge in [-0.2, -0.15) is 0 Å². The maximum atomic E-state index is 13.8. The van der Waals surface area contributed by atoms with Crippen LogP contribution in [0.15, 0.2) is 78.9 Å². The van der Waals surface area contributed by atoms with Gasteiger partial charge in [-0.1, -0.05) is 84.0 Å². The van der Waals surface area contributed by atoms with E-state index in [4.69, 9.17) is 0 Å². The Balaban J connectivity index is 1.22. The lowest BCUT2D eigenvalue weighted by Gasteiger charge is -2.36. The standard InChI is InChI=1S/C48H67N9O6/c1-47(2,3)39(51-45(62)53(7)8)43(60)56-28-14-18-37(56)41(58)49-34-24-20-32(21-25-34)30-55(36-16-12-11-13-17-36)31-33-22-26-35(27-23-33)50-42(59)38-19-15-29-57(38)44(61)40(48(4,5)6)52-46(63)54(9)10/h11-13,16-17,20-27,37-40H,14-15,18-19,28-31H2,1-10H3,(H,49,58)(H,50,59)(H,51,62)(H,52,63)/t37?,38?,39-,40-/m1/s1. The Morgan fingerprint density at radius 2 is 0.937 bits per heavy atom. The number of benzene rings is 3. The zero-order valence-corrected chi connectivity index (χ0v) is 38.7. The van der Waals surface area contributed by atoms with Gasteiger partial charge in [0.2, 0.25) is 23.6 Å². The van der Waals surface area contributed by atoms with Crippen LogP contribution < -0.4 is 26.2 Å². The van der Waals surface area contributed by atoms with E-state index in [1.165, 1.54) is 9.80 Å². The third-order valence-electron chi connectivity index (χ3n) is 11.6. The minimum absolute atomic E-state index is 0.264. The van der Waals surface area contributed by atoms with E-state index < -0.39 is 35.0 Å². The van der Waals surface area contributed by atoms with Crippen LogP contribution in [0, 0.1) is 10.8 Å². The van der Waals surface area contributed by atoms with Gasteiger partial charge < -0.3 is 45.8 Å². The van der Waals surface area contributed by atoms with Crippen LogP contribution in [0.25, 0.3) is 0 Å². The zero-order valence-electron chi connectivity index (χ0n) is 38.7. The van der Waals surface area contributed by atoms with Crippen LogP contribution in [0.5, 0.6) is 0 Å². The van der Waals surface area contributed by atoms with E-state index >= 15 is 0 Å². The average molecular weight is 866 g/mol. The van der Waals surface area contributed by atoms with Crippen molar-refractivity contribution < 1.29 is 28.8 Å². The van der Waals surface area contributed by atoms with Gasteiger partial charge in [0, 0.05) is 71.4 Å². The topological polar surface area (TPSA) is 167 Å². The number of hydrogen-bond acceptors (Lipinski definition) is 7. The first-order valence-electron chi connectivity index (χ1n) is 21.8. The van der Waals surface area contributed by atoms with E-state index in [1.807, 2.05) is 108 Å². The summed E-state index contributed by atoms with van der Waals surface area (Å²) in [6, 6.07) is 21.8. The molecule has 15 nitrogen and oxygen atoms in total. The van der Waals surface area contributed by atoms with Gasteiger partial charge in [0.15, 0.2) is 0 Å². The lowest BCUT2D eigenvalue weighted by atomic mass is 9.85. The largest absolute Gasteiger partial charge is 0.363 e. The normalized spacial score (nSPS) is 17.3. The fourth-order valence-electron chi connectivity index (χ4n) is 7.90. The van der Waals surface area contributed by atoms with Gasteiger partial charge in [0.25, 0.3) is 0 Å². The summed E-state index contributed by atoms with van der Waals surface area (Å²) in [4.78, 5) is 88.2. The molecule has 5 rings (SSSR count). The smallest absolute Gasteiger partial charge is 0.317 e. The summed E-state index contributed by atoms with van der Waals surface area (Å²) >= 11 is 0. The summed E-state index contributed by atoms with van der Waals surface area (Å²) in [6.45, 7) is 13.4. The third-order valence-corrected chi connectivity index (χ3v) is 11.6. The molecule has 3 aromatic rings. The van der Waals surface area contributed by atoms with E-state index in [0.29, 0.717) is 63.2 Å². The lowest BCUT2D eigenvalue weighted by molar-refractivity contribution is -0.140. The molecule has 3 aromatic carbocycles. The number of rotatable bonds is 13. The van der Waals surface area contributed by atoms with Gasteiger partial charge in [-0.3, -0.25) is 19.2 Å². The van der Waals surface area contributed by atoms with E-state index in [1.54, 1.807) is 38.0 Å². The van der Waals surface area contributed by atoms with Gasteiger partial charge >= 0.3 is 12.1 Å². The number of carbonyl (C=O) groups excluding carboxylic acids is 6. The third kappa shape index (κ3) is 12.5. The van der Waals surface area contributed by atoms with Crippen molar-refractivity contribution >= 4 is 52.8 Å². The highest BCUT2D eigenvalue weighted by atomic mass is 16.2. The fourth-order valence-corrected chi connectivity index (χ4v) is 7.90. The second-order valence-electron chi connectivity index (χ2n) is 19.2. The molecule has 0 aliphatic carbocycles. The van der Waals surface area contributed by atoms with E-state index in [2.05, 4.69) is 38.3 Å². The first kappa shape index (κ1) is 47.9. The van der Waals surface area contributed by atoms with Gasteiger partial charge in [-0.25, -0.2) is 9.59 Å². The Morgan fingerprint density at radius 1 is 0.571 bits per heavy atom. The molecule has 340 valence electrons. The molecule has 2 aliphatic rings. The SMILES string of the molecule is CN(C)C(=O)N[C@H](C(=O)N1CCCC1C(=O)Nc1ccc(CN(Cc2ccc(NC(=O)C3CCCN3C(=O)[C@@H](NC(=O)N(C)C)C(C)(C)C)cc2)c2ccccc2)cc1)C(C)(C)C. The Morgan fingerprint density at radius 3 is 1.27 bits per heavy atom. The monoisotopic (exact) mass is 866 g/mol. The maximum Gasteiger partial charge on any atom is 0.317 e. The number of anilines is 3. The molecule has 15 heteroatoms. The number of carbonyl (C=O) groups is 6. The van der Waals surface area contributed by atoms with Crippen LogP contribution in [0.4, 0.5) is 26.7 Å². The van der Waals surface area contributed by atoms with Gasteiger partial charge in [-0.15, -0.1) is 0 Å². The molecular weight excluding hydrogens is 799 g/mol. The number of amides is 8. The average Bonchev–Trinajstić information content (AvgIpc) is 3.93. The predicted octanol–water partition coefficient (Wildman–Crippen LogP) is 6.12. The second-order valence-corrected chi connectivity index (χ2v) is 19.2. The number of para-hydroxylation sites is 1. The summed E-state index contributed by atoms with van der Waals surface area (Å²) in [7, 11) is 6.49. The van der Waals surface area contributed by atoms with Crippen molar-refractivity contribution in [2.24, 2.45) is 10.8 Å². The summed E-state index contributed by atoms with van der Waals surface area (Å²) < 4.78 is 0. The van der Waals surface area contributed by atoms with Gasteiger partial charge in [0.05, 0.1) is 0 Å². The minimum Gasteiger partial charge on any atom is -0.363 e. The highest BCUT2D eigenvalue weighted by Gasteiger charge is 2.43. The lowest BCUT2D eigenvalue weighted by Crippen LogP contribution is -2.58. The molecule has 63 heavy (non-hydrogen) atoms. The van der Waals surface area contributed by atoms with Crippen molar-refractivity contribution in [3.05, 3.63) is 90.0 Å². The number of nitrogens with zero attached hydrogens (tertiary/aromatic N) is 5. The molecule has 0 bridgehead atoms. The first-order chi connectivity index (χ1) is 29.6. The van der Waals surface area contributed by atoms with Crippen molar-refractivity contribution in [2.75, 3.05) is 56.8 Å². The predicted molar refractivity (Wildman–Crippen MR) is 247 cm³/mol. The van der Waals surface area contributed by atoms with Crippen molar-refractivity contribution in [3.8, 4) is 0 Å². The Labute approximate surface area is 372 Å². The number of urea groups is 2. The zero-order chi connectivity index (χ0) is 46.2. The summed E-state index contributed by atoms with van der Waals surface area (Å²) in [5.74, 6) is -1.07. The number of nitrogens with one attached hydrogen (secondary N) is 4. The Kier molecular flexibility index (Phi) is 15.5. The van der Waals surface area contributed by atoms with Crippen LogP contribution in [0.2, 0.25) is 0 Å². The molecule has 8 amide bonds. The minimum atomic E-state index is -0.795. The van der Waals surface area contributed by atoms with Crippen LogP contribution in [-0.4, -0.2) is 121 Å².